The highest BCUT2D eigenvalue weighted by Crippen LogP contribution is 2.05. The second kappa shape index (κ2) is 14.4. The maximum absolute atomic E-state index is 10.2. The van der Waals surface area contributed by atoms with Crippen LogP contribution in [0.4, 0.5) is 0 Å². The summed E-state index contributed by atoms with van der Waals surface area (Å²) >= 11 is 0. The Balaban J connectivity index is -0.000000197. The maximum atomic E-state index is 10.2. The first kappa shape index (κ1) is 22.5. The lowest BCUT2D eigenvalue weighted by Gasteiger charge is -2.17. The third-order valence-corrected chi connectivity index (χ3v) is 1.12. The molecule has 18 heavy (non-hydrogen) atoms. The summed E-state index contributed by atoms with van der Waals surface area (Å²) in [5, 5.41) is 16.0. The van der Waals surface area contributed by atoms with Gasteiger partial charge in [-0.2, -0.15) is 0 Å². The summed E-state index contributed by atoms with van der Waals surface area (Å²) in [5.74, 6) is -0.225. The van der Waals surface area contributed by atoms with E-state index in [1.165, 1.54) is 13.8 Å². The van der Waals surface area contributed by atoms with Gasteiger partial charge in [-0.25, -0.2) is 0 Å². The van der Waals surface area contributed by atoms with Crippen molar-refractivity contribution in [3.05, 3.63) is 0 Å². The zero-order chi connectivity index (χ0) is 15.2. The molecule has 0 bridgehead atoms. The number of rotatable bonds is 3. The summed E-state index contributed by atoms with van der Waals surface area (Å²) in [5.41, 5.74) is -0.328. The Morgan fingerprint density at radius 3 is 1.56 bits per heavy atom. The fourth-order valence-electron chi connectivity index (χ4n) is 0.635. The van der Waals surface area contributed by atoms with E-state index >= 15 is 0 Å². The lowest BCUT2D eigenvalue weighted by atomic mass is 10.2. The highest BCUT2D eigenvalue weighted by atomic mass is 16.6. The van der Waals surface area contributed by atoms with Crippen molar-refractivity contribution in [2.75, 3.05) is 19.8 Å². The van der Waals surface area contributed by atoms with E-state index in [0.717, 1.165) is 13.2 Å². The molecule has 0 saturated carbocycles. The molecule has 1 unspecified atom stereocenters. The van der Waals surface area contributed by atoms with Crippen LogP contribution < -0.4 is 0 Å². The first-order valence-corrected chi connectivity index (χ1v) is 6.16. The Bertz CT molecular complexity index is 171. The van der Waals surface area contributed by atoms with Crippen LogP contribution in [0.1, 0.15) is 48.5 Å². The van der Waals surface area contributed by atoms with Gasteiger partial charge in [-0.1, -0.05) is 0 Å². The lowest BCUT2D eigenvalue weighted by Crippen LogP contribution is -2.21. The first-order chi connectivity index (χ1) is 8.10. The number of aliphatic hydroxyl groups excluding tert-OH is 2. The molecule has 0 aliphatic heterocycles. The number of hydrogen-bond donors (Lipinski definition) is 2. The monoisotopic (exact) mass is 266 g/mol. The van der Waals surface area contributed by atoms with E-state index in [1.807, 2.05) is 34.6 Å². The van der Waals surface area contributed by atoms with E-state index in [9.17, 15) is 4.79 Å². The van der Waals surface area contributed by atoms with Gasteiger partial charge in [-0.3, -0.25) is 4.79 Å². The fraction of sp³-hybridized carbons (Fsp3) is 0.923. The molecule has 0 radical (unpaired) electrons. The average molecular weight is 266 g/mol. The summed E-state index contributed by atoms with van der Waals surface area (Å²) in [6, 6.07) is 0. The molecular formula is C13H30O5. The van der Waals surface area contributed by atoms with Crippen LogP contribution in [0.25, 0.3) is 0 Å². The third kappa shape index (κ3) is 45.3. The average Bonchev–Trinajstić information content (AvgIpc) is 2.16. The molecule has 0 aromatic heterocycles. The van der Waals surface area contributed by atoms with Gasteiger partial charge in [0, 0.05) is 20.1 Å². The highest BCUT2D eigenvalue weighted by molar-refractivity contribution is 5.66. The molecule has 5 heteroatoms. The van der Waals surface area contributed by atoms with E-state index in [4.69, 9.17) is 19.7 Å². The van der Waals surface area contributed by atoms with Crippen LogP contribution in [-0.2, 0) is 14.3 Å². The molecule has 112 valence electrons. The van der Waals surface area contributed by atoms with E-state index in [-0.39, 0.29) is 18.2 Å². The molecule has 2 N–H and O–H groups in total. The van der Waals surface area contributed by atoms with Crippen molar-refractivity contribution in [3.63, 3.8) is 0 Å². The van der Waals surface area contributed by atoms with Crippen molar-refractivity contribution in [2.45, 2.75) is 60.2 Å². The molecule has 0 aliphatic rings. The highest BCUT2D eigenvalue weighted by Gasteiger charge is 2.11. The van der Waals surface area contributed by atoms with Crippen molar-refractivity contribution >= 4 is 5.97 Å². The van der Waals surface area contributed by atoms with Gasteiger partial charge in [0.25, 0.3) is 0 Å². The fourth-order valence-corrected chi connectivity index (χ4v) is 0.635. The Kier molecular flexibility index (Phi) is 18.0. The van der Waals surface area contributed by atoms with E-state index in [2.05, 4.69) is 0 Å². The quantitative estimate of drug-likeness (QED) is 0.761. The van der Waals surface area contributed by atoms with Crippen LogP contribution in [0.15, 0.2) is 0 Å². The minimum absolute atomic E-state index is 0.139. The largest absolute Gasteiger partial charge is 0.460 e. The molecular weight excluding hydrogens is 236 g/mol. The van der Waals surface area contributed by atoms with Gasteiger partial charge in [-0.15, -0.1) is 0 Å². The van der Waals surface area contributed by atoms with E-state index in [1.54, 1.807) is 0 Å². The SMILES string of the molecule is CC(=O)OC(C)(C)C.CC(O)CO.CCOCC. The minimum atomic E-state index is -0.560. The normalized spacial score (nSPS) is 11.4. The predicted octanol–water partition coefficient (Wildman–Crippen LogP) is 1.75. The molecule has 0 spiro atoms. The smallest absolute Gasteiger partial charge is 0.303 e. The third-order valence-electron chi connectivity index (χ3n) is 1.12. The van der Waals surface area contributed by atoms with Gasteiger partial charge >= 0.3 is 5.97 Å². The molecule has 0 fully saturated rings. The molecule has 5 nitrogen and oxygen atoms in total. The number of carbonyl (C=O) groups is 1. The second-order valence-electron chi connectivity index (χ2n) is 4.52. The Labute approximate surface area is 111 Å². The standard InChI is InChI=1S/C6H12O2.C4H10O.C3H8O2/c1-5(7)8-6(2,3)4;1-3-5-4-2;1-3(5)2-4/h1-4H3;3-4H2,1-2H3;3-5H,2H2,1H3. The summed E-state index contributed by atoms with van der Waals surface area (Å²) in [6.07, 6.45) is -0.560. The zero-order valence-electron chi connectivity index (χ0n) is 12.8. The van der Waals surface area contributed by atoms with Gasteiger partial charge in [0.15, 0.2) is 0 Å². The van der Waals surface area contributed by atoms with Gasteiger partial charge in [-0.05, 0) is 41.5 Å². The summed E-state index contributed by atoms with van der Waals surface area (Å²) in [6.45, 7) is 14.0. The molecule has 0 saturated heterocycles. The van der Waals surface area contributed by atoms with Crippen LogP contribution in [0, 0.1) is 0 Å². The molecule has 0 aromatic rings. The molecule has 0 aromatic carbocycles. The Morgan fingerprint density at radius 2 is 1.56 bits per heavy atom. The van der Waals surface area contributed by atoms with Crippen LogP contribution in [0.2, 0.25) is 0 Å². The van der Waals surface area contributed by atoms with Gasteiger partial charge < -0.3 is 19.7 Å². The van der Waals surface area contributed by atoms with Gasteiger partial charge in [0.05, 0.1) is 12.7 Å². The topological polar surface area (TPSA) is 76.0 Å². The predicted molar refractivity (Wildman–Crippen MR) is 72.5 cm³/mol. The minimum Gasteiger partial charge on any atom is -0.460 e. The Morgan fingerprint density at radius 1 is 1.22 bits per heavy atom. The molecule has 0 heterocycles. The van der Waals surface area contributed by atoms with Crippen LogP contribution in [-0.4, -0.2) is 47.7 Å². The zero-order valence-corrected chi connectivity index (χ0v) is 12.8. The Hall–Kier alpha value is -0.650. The molecule has 0 amide bonds. The van der Waals surface area contributed by atoms with Crippen LogP contribution in [0.5, 0.6) is 0 Å². The number of ether oxygens (including phenoxy) is 2. The van der Waals surface area contributed by atoms with Crippen molar-refractivity contribution in [3.8, 4) is 0 Å². The van der Waals surface area contributed by atoms with Crippen molar-refractivity contribution in [1.82, 2.24) is 0 Å². The molecule has 0 rings (SSSR count). The van der Waals surface area contributed by atoms with Crippen LogP contribution >= 0.6 is 0 Å². The van der Waals surface area contributed by atoms with Crippen molar-refractivity contribution in [2.24, 2.45) is 0 Å². The van der Waals surface area contributed by atoms with Crippen molar-refractivity contribution < 1.29 is 24.5 Å². The number of hydrogen-bond acceptors (Lipinski definition) is 5. The van der Waals surface area contributed by atoms with Crippen molar-refractivity contribution in [1.29, 1.82) is 0 Å². The second-order valence-corrected chi connectivity index (χ2v) is 4.52. The molecule has 1 atom stereocenters. The summed E-state index contributed by atoms with van der Waals surface area (Å²) in [7, 11) is 0. The summed E-state index contributed by atoms with van der Waals surface area (Å²) < 4.78 is 9.63. The van der Waals surface area contributed by atoms with Gasteiger partial charge in [0.1, 0.15) is 5.60 Å². The lowest BCUT2D eigenvalue weighted by molar-refractivity contribution is -0.151. The van der Waals surface area contributed by atoms with Crippen LogP contribution in [0.3, 0.4) is 0 Å². The maximum Gasteiger partial charge on any atom is 0.303 e. The summed E-state index contributed by atoms with van der Waals surface area (Å²) in [4.78, 5) is 10.2. The van der Waals surface area contributed by atoms with Gasteiger partial charge in [0.2, 0.25) is 0 Å². The number of esters is 1. The molecule has 0 aliphatic carbocycles. The number of aliphatic hydroxyl groups is 2. The van der Waals surface area contributed by atoms with E-state index < -0.39 is 6.10 Å². The number of carbonyl (C=O) groups excluding carboxylic acids is 1. The first-order valence-electron chi connectivity index (χ1n) is 6.16. The van der Waals surface area contributed by atoms with E-state index in [0.29, 0.717) is 0 Å².